The van der Waals surface area contributed by atoms with Gasteiger partial charge in [-0.3, -0.25) is 0 Å². The summed E-state index contributed by atoms with van der Waals surface area (Å²) in [6, 6.07) is 0. The molecule has 0 aromatic rings. The molecule has 0 aromatic carbocycles. The molecule has 1 radical (unpaired) electrons. The fourth-order valence-electron chi connectivity index (χ4n) is 2.47. The highest BCUT2D eigenvalue weighted by atomic mass is 14.4. The standard InChI is InChI=1S/C14H27/c1-13(2,3)11-8-7-9-12(10-11)14(4,5)6/h10-12H,7-9H2,1-6H3. The highest BCUT2D eigenvalue weighted by Gasteiger charge is 2.35. The van der Waals surface area contributed by atoms with Crippen LogP contribution in [-0.4, -0.2) is 0 Å². The van der Waals surface area contributed by atoms with E-state index >= 15 is 0 Å². The van der Waals surface area contributed by atoms with E-state index in [1.807, 2.05) is 0 Å². The van der Waals surface area contributed by atoms with Crippen LogP contribution in [0.5, 0.6) is 0 Å². The molecule has 0 saturated heterocycles. The minimum Gasteiger partial charge on any atom is -0.0599 e. The van der Waals surface area contributed by atoms with Crippen LogP contribution in [0, 0.1) is 29.1 Å². The lowest BCUT2D eigenvalue weighted by atomic mass is 9.63. The maximum Gasteiger partial charge on any atom is -0.0313 e. The Hall–Kier alpha value is 0. The molecule has 1 fully saturated rings. The SMILES string of the molecule is CC(C)(C)C1[CH]C(C(C)(C)C)CCC1. The van der Waals surface area contributed by atoms with E-state index < -0.39 is 0 Å². The second kappa shape index (κ2) is 3.87. The Morgan fingerprint density at radius 3 is 1.43 bits per heavy atom. The van der Waals surface area contributed by atoms with Crippen molar-refractivity contribution in [1.82, 2.24) is 0 Å². The topological polar surface area (TPSA) is 0 Å². The van der Waals surface area contributed by atoms with E-state index in [1.165, 1.54) is 19.3 Å². The first-order valence-corrected chi connectivity index (χ1v) is 6.06. The molecule has 0 amide bonds. The van der Waals surface area contributed by atoms with Crippen molar-refractivity contribution < 1.29 is 0 Å². The van der Waals surface area contributed by atoms with Gasteiger partial charge in [-0.15, -0.1) is 0 Å². The minimum atomic E-state index is 0.462. The lowest BCUT2D eigenvalue weighted by molar-refractivity contribution is 0.145. The zero-order valence-corrected chi connectivity index (χ0v) is 10.9. The maximum atomic E-state index is 2.64. The van der Waals surface area contributed by atoms with E-state index in [0.717, 1.165) is 11.8 Å². The number of rotatable bonds is 0. The first kappa shape index (κ1) is 12.1. The third-order valence-electron chi connectivity index (χ3n) is 3.72. The van der Waals surface area contributed by atoms with Crippen LogP contribution in [0.4, 0.5) is 0 Å². The highest BCUT2D eigenvalue weighted by Crippen LogP contribution is 2.45. The molecule has 0 heteroatoms. The molecule has 2 atom stereocenters. The average Bonchev–Trinajstić information content (AvgIpc) is 2.01. The summed E-state index contributed by atoms with van der Waals surface area (Å²) in [6.07, 6.45) is 6.86. The minimum absolute atomic E-state index is 0.462. The lowest BCUT2D eigenvalue weighted by Gasteiger charge is -2.42. The summed E-state index contributed by atoms with van der Waals surface area (Å²) in [4.78, 5) is 0. The van der Waals surface area contributed by atoms with Gasteiger partial charge in [0.25, 0.3) is 0 Å². The predicted octanol–water partition coefficient (Wildman–Crippen LogP) is 4.70. The van der Waals surface area contributed by atoms with Crippen LogP contribution >= 0.6 is 0 Å². The van der Waals surface area contributed by atoms with Crippen molar-refractivity contribution in [2.75, 3.05) is 0 Å². The second-order valence-electron chi connectivity index (χ2n) is 7.07. The third-order valence-corrected chi connectivity index (χ3v) is 3.72. The fourth-order valence-corrected chi connectivity index (χ4v) is 2.47. The molecule has 0 aromatic heterocycles. The Labute approximate surface area is 90.5 Å². The normalized spacial score (nSPS) is 30.4. The van der Waals surface area contributed by atoms with Gasteiger partial charge in [0, 0.05) is 0 Å². The third kappa shape index (κ3) is 3.00. The van der Waals surface area contributed by atoms with Crippen molar-refractivity contribution in [2.45, 2.75) is 60.8 Å². The summed E-state index contributed by atoms with van der Waals surface area (Å²) in [5.74, 6) is 1.64. The van der Waals surface area contributed by atoms with Crippen molar-refractivity contribution in [1.29, 1.82) is 0 Å². The van der Waals surface area contributed by atoms with Gasteiger partial charge in [0.05, 0.1) is 0 Å². The van der Waals surface area contributed by atoms with Crippen molar-refractivity contribution in [3.05, 3.63) is 6.42 Å². The molecule has 0 nitrogen and oxygen atoms in total. The Morgan fingerprint density at radius 2 is 1.14 bits per heavy atom. The summed E-state index contributed by atoms with van der Waals surface area (Å²) >= 11 is 0. The van der Waals surface area contributed by atoms with E-state index in [1.54, 1.807) is 0 Å². The van der Waals surface area contributed by atoms with Crippen LogP contribution in [0.3, 0.4) is 0 Å². The van der Waals surface area contributed by atoms with Crippen LogP contribution in [-0.2, 0) is 0 Å². The summed E-state index contributed by atoms with van der Waals surface area (Å²) < 4.78 is 0. The van der Waals surface area contributed by atoms with E-state index in [2.05, 4.69) is 48.0 Å². The zero-order chi connectivity index (χ0) is 11.0. The first-order chi connectivity index (χ1) is 6.21. The van der Waals surface area contributed by atoms with Crippen molar-refractivity contribution in [2.24, 2.45) is 22.7 Å². The molecule has 1 aliphatic carbocycles. The molecule has 1 saturated carbocycles. The van der Waals surface area contributed by atoms with E-state index in [-0.39, 0.29) is 0 Å². The van der Waals surface area contributed by atoms with Gasteiger partial charge in [-0.2, -0.15) is 0 Å². The maximum absolute atomic E-state index is 2.64. The Morgan fingerprint density at radius 1 is 0.786 bits per heavy atom. The molecule has 14 heavy (non-hydrogen) atoms. The number of hydrogen-bond donors (Lipinski definition) is 0. The molecule has 83 valence electrons. The smallest absolute Gasteiger partial charge is 0.0313 e. The monoisotopic (exact) mass is 195 g/mol. The molecule has 1 rings (SSSR count). The average molecular weight is 195 g/mol. The second-order valence-corrected chi connectivity index (χ2v) is 7.07. The van der Waals surface area contributed by atoms with E-state index in [9.17, 15) is 0 Å². The van der Waals surface area contributed by atoms with Crippen molar-refractivity contribution in [3.8, 4) is 0 Å². The quantitative estimate of drug-likeness (QED) is 0.525. The van der Waals surface area contributed by atoms with Crippen LogP contribution in [0.25, 0.3) is 0 Å². The summed E-state index contributed by atoms with van der Waals surface area (Å²) in [6.45, 7) is 14.2. The first-order valence-electron chi connectivity index (χ1n) is 6.06. The number of hydrogen-bond acceptors (Lipinski definition) is 0. The molecular weight excluding hydrogens is 168 g/mol. The van der Waals surface area contributed by atoms with E-state index in [0.29, 0.717) is 10.8 Å². The van der Waals surface area contributed by atoms with Gasteiger partial charge >= 0.3 is 0 Å². The summed E-state index contributed by atoms with van der Waals surface area (Å²) in [5.41, 5.74) is 0.924. The van der Waals surface area contributed by atoms with Gasteiger partial charge < -0.3 is 0 Å². The van der Waals surface area contributed by atoms with Gasteiger partial charge in [-0.05, 0) is 41.9 Å². The van der Waals surface area contributed by atoms with Crippen LogP contribution in [0.1, 0.15) is 60.8 Å². The summed E-state index contributed by atoms with van der Waals surface area (Å²) in [7, 11) is 0. The van der Waals surface area contributed by atoms with Crippen LogP contribution in [0.2, 0.25) is 0 Å². The Bertz CT molecular complexity index is 157. The predicted molar refractivity (Wildman–Crippen MR) is 64.0 cm³/mol. The molecule has 1 aliphatic rings. The molecule has 2 unspecified atom stereocenters. The Balaban J connectivity index is 2.61. The largest absolute Gasteiger partial charge is 0.0599 e. The van der Waals surface area contributed by atoms with Crippen LogP contribution < -0.4 is 0 Å². The molecule has 0 N–H and O–H groups in total. The molecule has 0 heterocycles. The van der Waals surface area contributed by atoms with Crippen molar-refractivity contribution in [3.63, 3.8) is 0 Å². The fraction of sp³-hybridized carbons (Fsp3) is 0.929. The van der Waals surface area contributed by atoms with Gasteiger partial charge in [0.1, 0.15) is 0 Å². The van der Waals surface area contributed by atoms with Gasteiger partial charge in [0.15, 0.2) is 0 Å². The van der Waals surface area contributed by atoms with E-state index in [4.69, 9.17) is 0 Å². The zero-order valence-electron chi connectivity index (χ0n) is 10.9. The lowest BCUT2D eigenvalue weighted by Crippen LogP contribution is -2.33. The summed E-state index contributed by atoms with van der Waals surface area (Å²) in [5, 5.41) is 0. The van der Waals surface area contributed by atoms with Gasteiger partial charge in [-0.1, -0.05) is 48.0 Å². The molecule has 0 aliphatic heterocycles. The highest BCUT2D eigenvalue weighted by molar-refractivity contribution is 4.97. The van der Waals surface area contributed by atoms with Crippen LogP contribution in [0.15, 0.2) is 0 Å². The van der Waals surface area contributed by atoms with Gasteiger partial charge in [0.2, 0.25) is 0 Å². The molecule has 0 bridgehead atoms. The molecular formula is C14H27. The van der Waals surface area contributed by atoms with Crippen molar-refractivity contribution >= 4 is 0 Å². The van der Waals surface area contributed by atoms with Gasteiger partial charge in [-0.25, -0.2) is 0 Å². The molecule has 0 spiro atoms. The Kier molecular flexibility index (Phi) is 3.33.